The van der Waals surface area contributed by atoms with E-state index in [0.717, 1.165) is 45.8 Å². The molecule has 0 radical (unpaired) electrons. The third-order valence-corrected chi connectivity index (χ3v) is 5.15. The van der Waals surface area contributed by atoms with E-state index in [0.29, 0.717) is 6.54 Å². The third-order valence-electron chi connectivity index (χ3n) is 5.15. The zero-order valence-electron chi connectivity index (χ0n) is 14.1. The van der Waals surface area contributed by atoms with Crippen molar-refractivity contribution >= 4 is 29.2 Å². The Balaban J connectivity index is 0.00000169. The summed E-state index contributed by atoms with van der Waals surface area (Å²) in [6.45, 7) is 7.13. The summed E-state index contributed by atoms with van der Waals surface area (Å²) in [5.74, 6) is 0.269. The molecule has 2 aliphatic heterocycles. The molecule has 1 saturated heterocycles. The van der Waals surface area contributed by atoms with Crippen molar-refractivity contribution in [3.63, 3.8) is 0 Å². The van der Waals surface area contributed by atoms with Crippen molar-refractivity contribution in [2.24, 2.45) is 0 Å². The van der Waals surface area contributed by atoms with Crippen LogP contribution in [0.25, 0.3) is 10.9 Å². The number of carbonyl (C=O) groups excluding carboxylic acids is 1. The molecule has 0 unspecified atom stereocenters. The maximum Gasteiger partial charge on any atom is 0.237 e. The number of fused-ring (bicyclic) bond motifs is 3. The van der Waals surface area contributed by atoms with E-state index in [1.165, 1.54) is 16.6 Å². The average molecular weight is 349 g/mol. The summed E-state index contributed by atoms with van der Waals surface area (Å²) >= 11 is 0. The van der Waals surface area contributed by atoms with Gasteiger partial charge in [-0.2, -0.15) is 0 Å². The lowest BCUT2D eigenvalue weighted by Gasteiger charge is -2.34. The molecule has 0 atom stereocenters. The fraction of sp³-hybridized carbons (Fsp3) is 0.500. The average Bonchev–Trinajstić information content (AvgIpc) is 2.94. The molecule has 2 aliphatic rings. The number of benzene rings is 1. The van der Waals surface area contributed by atoms with Gasteiger partial charge in [0, 0.05) is 50.5 Å². The fourth-order valence-electron chi connectivity index (χ4n) is 3.67. The van der Waals surface area contributed by atoms with Crippen LogP contribution in [0.15, 0.2) is 30.3 Å². The maximum atomic E-state index is 12.6. The molecule has 4 rings (SSSR count). The van der Waals surface area contributed by atoms with E-state index < -0.39 is 0 Å². The summed E-state index contributed by atoms with van der Waals surface area (Å²) in [7, 11) is 2.14. The lowest BCUT2D eigenvalue weighted by Crippen LogP contribution is -2.49. The van der Waals surface area contributed by atoms with E-state index in [2.05, 4.69) is 51.7 Å². The van der Waals surface area contributed by atoms with E-state index in [4.69, 9.17) is 0 Å². The van der Waals surface area contributed by atoms with Gasteiger partial charge in [0.15, 0.2) is 0 Å². The number of nitrogens with zero attached hydrogens (tertiary/aromatic N) is 4. The van der Waals surface area contributed by atoms with Crippen LogP contribution in [-0.2, 0) is 17.9 Å². The van der Waals surface area contributed by atoms with Crippen LogP contribution in [0.1, 0.15) is 5.69 Å². The summed E-state index contributed by atoms with van der Waals surface area (Å²) in [5.41, 5.74) is 2.54. The number of hydrogen-bond acceptors (Lipinski definition) is 3. The zero-order chi connectivity index (χ0) is 15.8. The highest BCUT2D eigenvalue weighted by Gasteiger charge is 2.24. The summed E-state index contributed by atoms with van der Waals surface area (Å²) in [5, 5.41) is 1.27. The van der Waals surface area contributed by atoms with Crippen LogP contribution in [0.4, 0.5) is 0 Å². The molecule has 1 aromatic heterocycles. The minimum absolute atomic E-state index is 0. The monoisotopic (exact) mass is 348 g/mol. The number of amides is 1. The highest BCUT2D eigenvalue weighted by Crippen LogP contribution is 2.24. The SMILES string of the molecule is CN1CCN(CC(=O)N2CCn3c(cc4ccccc43)C2)CC1.Cl. The first-order valence-corrected chi connectivity index (χ1v) is 8.46. The van der Waals surface area contributed by atoms with E-state index >= 15 is 0 Å². The van der Waals surface area contributed by atoms with Gasteiger partial charge >= 0.3 is 0 Å². The van der Waals surface area contributed by atoms with Gasteiger partial charge in [-0.15, -0.1) is 12.4 Å². The Hall–Kier alpha value is -1.56. The van der Waals surface area contributed by atoms with E-state index in [1.807, 2.05) is 4.90 Å². The molecule has 0 spiro atoms. The first-order valence-electron chi connectivity index (χ1n) is 8.46. The lowest BCUT2D eigenvalue weighted by molar-refractivity contribution is -0.134. The standard InChI is InChI=1S/C18H24N4O.ClH/c1-19-6-8-20(9-7-19)14-18(23)21-10-11-22-16(13-21)12-15-4-2-3-5-17(15)22;/h2-5,12H,6-11,13-14H2,1H3;1H. The molecule has 0 saturated carbocycles. The fourth-order valence-corrected chi connectivity index (χ4v) is 3.67. The summed E-state index contributed by atoms with van der Waals surface area (Å²) in [4.78, 5) is 19.3. The quantitative estimate of drug-likeness (QED) is 0.827. The zero-order valence-corrected chi connectivity index (χ0v) is 15.0. The first kappa shape index (κ1) is 17.3. The van der Waals surface area contributed by atoms with Crippen LogP contribution in [0.2, 0.25) is 0 Å². The van der Waals surface area contributed by atoms with Crippen molar-refractivity contribution in [2.75, 3.05) is 46.3 Å². The highest BCUT2D eigenvalue weighted by atomic mass is 35.5. The number of likely N-dealkylation sites (N-methyl/N-ethyl adjacent to an activating group) is 1. The van der Waals surface area contributed by atoms with Gasteiger partial charge < -0.3 is 14.4 Å². The number of halogens is 1. The number of hydrogen-bond donors (Lipinski definition) is 0. The van der Waals surface area contributed by atoms with Crippen LogP contribution in [0.3, 0.4) is 0 Å². The van der Waals surface area contributed by atoms with Gasteiger partial charge in [0.2, 0.25) is 5.91 Å². The van der Waals surface area contributed by atoms with Crippen molar-refractivity contribution in [2.45, 2.75) is 13.1 Å². The number of aromatic nitrogens is 1. The van der Waals surface area contributed by atoms with Crippen molar-refractivity contribution < 1.29 is 4.79 Å². The molecule has 1 amide bonds. The highest BCUT2D eigenvalue weighted by molar-refractivity contribution is 5.85. The summed E-state index contributed by atoms with van der Waals surface area (Å²) in [6.07, 6.45) is 0. The molecular formula is C18H25ClN4O. The minimum atomic E-state index is 0. The van der Waals surface area contributed by atoms with Gasteiger partial charge in [-0.25, -0.2) is 0 Å². The Labute approximate surface area is 149 Å². The molecule has 0 N–H and O–H groups in total. The second-order valence-corrected chi connectivity index (χ2v) is 6.74. The van der Waals surface area contributed by atoms with Gasteiger partial charge in [0.25, 0.3) is 0 Å². The number of rotatable bonds is 2. The molecule has 6 heteroatoms. The van der Waals surface area contributed by atoms with Crippen LogP contribution in [0.5, 0.6) is 0 Å². The van der Waals surface area contributed by atoms with Gasteiger partial charge in [0.05, 0.1) is 13.1 Å². The van der Waals surface area contributed by atoms with Crippen LogP contribution >= 0.6 is 12.4 Å². The van der Waals surface area contributed by atoms with Gasteiger partial charge in [-0.05, 0) is 24.6 Å². The van der Waals surface area contributed by atoms with Gasteiger partial charge in [-0.3, -0.25) is 9.69 Å². The number of piperazine rings is 1. The van der Waals surface area contributed by atoms with Crippen LogP contribution in [0, 0.1) is 0 Å². The molecule has 130 valence electrons. The Morgan fingerprint density at radius 2 is 1.79 bits per heavy atom. The predicted octanol–water partition coefficient (Wildman–Crippen LogP) is 1.65. The molecule has 0 aliphatic carbocycles. The Morgan fingerprint density at radius 1 is 1.04 bits per heavy atom. The van der Waals surface area contributed by atoms with E-state index in [1.54, 1.807) is 0 Å². The van der Waals surface area contributed by atoms with Crippen molar-refractivity contribution in [3.05, 3.63) is 36.0 Å². The Bertz CT molecular complexity index is 721. The predicted molar refractivity (Wildman–Crippen MR) is 98.5 cm³/mol. The van der Waals surface area contributed by atoms with Crippen molar-refractivity contribution in [1.29, 1.82) is 0 Å². The van der Waals surface area contributed by atoms with E-state index in [-0.39, 0.29) is 18.3 Å². The van der Waals surface area contributed by atoms with Crippen molar-refractivity contribution in [1.82, 2.24) is 19.3 Å². The second kappa shape index (κ2) is 7.13. The molecule has 3 heterocycles. The Morgan fingerprint density at radius 3 is 2.58 bits per heavy atom. The molecule has 1 aromatic carbocycles. The Kier molecular flexibility index (Phi) is 5.13. The maximum absolute atomic E-state index is 12.6. The minimum Gasteiger partial charge on any atom is -0.341 e. The largest absolute Gasteiger partial charge is 0.341 e. The second-order valence-electron chi connectivity index (χ2n) is 6.74. The molecule has 0 bridgehead atoms. The third kappa shape index (κ3) is 3.29. The smallest absolute Gasteiger partial charge is 0.237 e. The topological polar surface area (TPSA) is 31.7 Å². The molecule has 2 aromatic rings. The van der Waals surface area contributed by atoms with Gasteiger partial charge in [-0.1, -0.05) is 18.2 Å². The first-order chi connectivity index (χ1) is 11.2. The molecule has 5 nitrogen and oxygen atoms in total. The van der Waals surface area contributed by atoms with Crippen molar-refractivity contribution in [3.8, 4) is 0 Å². The normalized spacial score (nSPS) is 19.1. The summed E-state index contributed by atoms with van der Waals surface area (Å²) in [6, 6.07) is 10.7. The molecular weight excluding hydrogens is 324 g/mol. The van der Waals surface area contributed by atoms with E-state index in [9.17, 15) is 4.79 Å². The lowest BCUT2D eigenvalue weighted by atomic mass is 10.2. The van der Waals surface area contributed by atoms with Crippen LogP contribution in [-0.4, -0.2) is 71.5 Å². The number of para-hydroxylation sites is 1. The van der Waals surface area contributed by atoms with Crippen LogP contribution < -0.4 is 0 Å². The van der Waals surface area contributed by atoms with Gasteiger partial charge in [0.1, 0.15) is 0 Å². The number of carbonyl (C=O) groups is 1. The summed E-state index contributed by atoms with van der Waals surface area (Å²) < 4.78 is 2.36. The molecule has 24 heavy (non-hydrogen) atoms. The molecule has 1 fully saturated rings.